The van der Waals surface area contributed by atoms with Crippen LogP contribution in [0.25, 0.3) is 0 Å². The molecule has 2 rings (SSSR count). The molecular weight excluding hydrogens is 218 g/mol. The van der Waals surface area contributed by atoms with E-state index < -0.39 is 0 Å². The molecule has 0 radical (unpaired) electrons. The number of nitrogens with zero attached hydrogens (tertiary/aromatic N) is 1. The van der Waals surface area contributed by atoms with Gasteiger partial charge in [-0.25, -0.2) is 0 Å². The molecule has 0 spiro atoms. The fraction of sp³-hybridized carbons (Fsp3) is 0.417. The molecule has 0 bridgehead atoms. The van der Waals surface area contributed by atoms with E-state index in [9.17, 15) is 0 Å². The molecule has 3 N–H and O–H groups in total. The molecule has 1 aromatic rings. The van der Waals surface area contributed by atoms with Crippen LogP contribution in [-0.4, -0.2) is 17.5 Å². The third kappa shape index (κ3) is 2.61. The maximum absolute atomic E-state index is 8.69. The fourth-order valence-corrected chi connectivity index (χ4v) is 2.97. The minimum Gasteiger partial charge on any atom is -0.398 e. The first-order valence-electron chi connectivity index (χ1n) is 5.39. The van der Waals surface area contributed by atoms with Gasteiger partial charge in [-0.1, -0.05) is 0 Å². The minimum absolute atomic E-state index is 0.376. The number of nitrogens with two attached hydrogens (primary N) is 1. The van der Waals surface area contributed by atoms with Crippen LogP contribution in [0.15, 0.2) is 18.2 Å². The van der Waals surface area contributed by atoms with Gasteiger partial charge >= 0.3 is 0 Å². The molecule has 0 amide bonds. The summed E-state index contributed by atoms with van der Waals surface area (Å²) in [5.74, 6) is 2.40. The summed E-state index contributed by atoms with van der Waals surface area (Å²) >= 11 is 1.98. The lowest BCUT2D eigenvalue weighted by molar-refractivity contribution is 0.813. The van der Waals surface area contributed by atoms with Crippen LogP contribution in [0.1, 0.15) is 12.0 Å². The van der Waals surface area contributed by atoms with Crippen molar-refractivity contribution < 1.29 is 0 Å². The molecular formula is C12H15N3S. The highest BCUT2D eigenvalue weighted by Crippen LogP contribution is 2.23. The molecule has 0 aliphatic carbocycles. The Morgan fingerprint density at radius 1 is 1.56 bits per heavy atom. The summed E-state index contributed by atoms with van der Waals surface area (Å²) in [5, 5.41) is 12.2. The molecule has 16 heavy (non-hydrogen) atoms. The molecule has 1 fully saturated rings. The Hall–Kier alpha value is -1.34. The molecule has 84 valence electrons. The monoisotopic (exact) mass is 233 g/mol. The number of hydrogen-bond donors (Lipinski definition) is 2. The lowest BCUT2D eigenvalue weighted by Crippen LogP contribution is -2.18. The summed E-state index contributed by atoms with van der Waals surface area (Å²) in [7, 11) is 0. The average molecular weight is 233 g/mol. The van der Waals surface area contributed by atoms with E-state index in [0.29, 0.717) is 18.2 Å². The van der Waals surface area contributed by atoms with Crippen molar-refractivity contribution in [2.24, 2.45) is 0 Å². The molecule has 1 unspecified atom stereocenters. The Kier molecular flexibility index (Phi) is 3.58. The number of anilines is 2. The number of hydrogen-bond acceptors (Lipinski definition) is 4. The summed E-state index contributed by atoms with van der Waals surface area (Å²) in [6.07, 6.45) is 1.59. The Morgan fingerprint density at radius 3 is 3.12 bits per heavy atom. The molecule has 3 nitrogen and oxygen atoms in total. The highest BCUT2D eigenvalue weighted by Gasteiger charge is 2.15. The highest BCUT2D eigenvalue weighted by molar-refractivity contribution is 7.99. The first kappa shape index (κ1) is 11.2. The zero-order valence-corrected chi connectivity index (χ0v) is 9.89. The minimum atomic E-state index is 0.376. The van der Waals surface area contributed by atoms with Gasteiger partial charge in [-0.2, -0.15) is 17.0 Å². The number of nitrogens with one attached hydrogen (secondary N) is 1. The van der Waals surface area contributed by atoms with Crippen molar-refractivity contribution in [3.63, 3.8) is 0 Å². The van der Waals surface area contributed by atoms with Crippen molar-refractivity contribution in [1.29, 1.82) is 5.26 Å². The van der Waals surface area contributed by atoms with Crippen molar-refractivity contribution >= 4 is 23.1 Å². The van der Waals surface area contributed by atoms with Crippen molar-refractivity contribution in [2.45, 2.75) is 18.9 Å². The number of benzene rings is 1. The second kappa shape index (κ2) is 5.13. The van der Waals surface area contributed by atoms with Gasteiger partial charge in [0.2, 0.25) is 0 Å². The lowest BCUT2D eigenvalue weighted by atomic mass is 10.1. The number of thioether (sulfide) groups is 1. The van der Waals surface area contributed by atoms with Crippen LogP contribution < -0.4 is 11.1 Å². The van der Waals surface area contributed by atoms with Gasteiger partial charge in [-0.05, 0) is 35.9 Å². The standard InChI is InChI=1S/C12H15N3S/c13-5-3-9-7-10(1-2-12(9)14)15-11-4-6-16-8-11/h1-2,7,11,15H,3-4,6,8,14H2. The normalized spacial score (nSPS) is 19.3. The van der Waals surface area contributed by atoms with E-state index in [2.05, 4.69) is 11.4 Å². The summed E-state index contributed by atoms with van der Waals surface area (Å²) in [4.78, 5) is 0. The number of nitriles is 1. The smallest absolute Gasteiger partial charge is 0.0670 e. The summed E-state index contributed by atoms with van der Waals surface area (Å²) in [6, 6.07) is 8.54. The van der Waals surface area contributed by atoms with Crippen molar-refractivity contribution in [3.05, 3.63) is 23.8 Å². The second-order valence-electron chi connectivity index (χ2n) is 3.95. The Balaban J connectivity index is 2.09. The van der Waals surface area contributed by atoms with Crippen molar-refractivity contribution in [3.8, 4) is 6.07 Å². The number of rotatable bonds is 3. The van der Waals surface area contributed by atoms with E-state index in [1.54, 1.807) is 0 Å². The largest absolute Gasteiger partial charge is 0.398 e. The first-order chi connectivity index (χ1) is 7.79. The molecule has 1 atom stereocenters. The Bertz CT molecular complexity index is 405. The van der Waals surface area contributed by atoms with E-state index in [-0.39, 0.29) is 0 Å². The highest BCUT2D eigenvalue weighted by atomic mass is 32.2. The van der Waals surface area contributed by atoms with Gasteiger partial charge in [0, 0.05) is 23.2 Å². The Morgan fingerprint density at radius 2 is 2.44 bits per heavy atom. The maximum atomic E-state index is 8.69. The van der Waals surface area contributed by atoms with Crippen molar-refractivity contribution in [2.75, 3.05) is 22.6 Å². The van der Waals surface area contributed by atoms with Crippen LogP contribution in [0.5, 0.6) is 0 Å². The first-order valence-corrected chi connectivity index (χ1v) is 6.54. The van der Waals surface area contributed by atoms with Crippen LogP contribution in [0.3, 0.4) is 0 Å². The van der Waals surface area contributed by atoms with Crippen LogP contribution in [0, 0.1) is 11.3 Å². The van der Waals surface area contributed by atoms with E-state index in [4.69, 9.17) is 11.0 Å². The van der Waals surface area contributed by atoms with E-state index in [1.807, 2.05) is 30.0 Å². The van der Waals surface area contributed by atoms with E-state index in [1.165, 1.54) is 12.2 Å². The van der Waals surface area contributed by atoms with Gasteiger partial charge in [0.1, 0.15) is 0 Å². The predicted molar refractivity (Wildman–Crippen MR) is 69.5 cm³/mol. The number of nitrogen functional groups attached to an aromatic ring is 1. The maximum Gasteiger partial charge on any atom is 0.0670 e. The van der Waals surface area contributed by atoms with Crippen LogP contribution in [0.2, 0.25) is 0 Å². The van der Waals surface area contributed by atoms with Gasteiger partial charge in [0.25, 0.3) is 0 Å². The zero-order chi connectivity index (χ0) is 11.4. The lowest BCUT2D eigenvalue weighted by Gasteiger charge is -2.14. The van der Waals surface area contributed by atoms with Crippen LogP contribution in [-0.2, 0) is 6.42 Å². The van der Waals surface area contributed by atoms with Crippen LogP contribution in [0.4, 0.5) is 11.4 Å². The second-order valence-corrected chi connectivity index (χ2v) is 5.10. The van der Waals surface area contributed by atoms with Gasteiger partial charge in [0.05, 0.1) is 12.5 Å². The van der Waals surface area contributed by atoms with Gasteiger partial charge in [0.15, 0.2) is 0 Å². The molecule has 1 aromatic carbocycles. The van der Waals surface area contributed by atoms with Gasteiger partial charge in [-0.3, -0.25) is 0 Å². The summed E-state index contributed by atoms with van der Waals surface area (Å²) in [6.45, 7) is 0. The topological polar surface area (TPSA) is 61.8 Å². The van der Waals surface area contributed by atoms with Crippen molar-refractivity contribution in [1.82, 2.24) is 0 Å². The molecule has 1 heterocycles. The molecule has 0 saturated carbocycles. The Labute approximate surface area is 100 Å². The molecule has 4 heteroatoms. The van der Waals surface area contributed by atoms with Crippen LogP contribution >= 0.6 is 11.8 Å². The molecule has 1 saturated heterocycles. The third-order valence-corrected chi connectivity index (χ3v) is 3.88. The predicted octanol–water partition coefficient (Wildman–Crippen LogP) is 2.25. The zero-order valence-electron chi connectivity index (χ0n) is 9.07. The SMILES string of the molecule is N#CCc1cc(NC2CCSC2)ccc1N. The quantitative estimate of drug-likeness (QED) is 0.786. The third-order valence-electron chi connectivity index (χ3n) is 2.71. The van der Waals surface area contributed by atoms with E-state index >= 15 is 0 Å². The van der Waals surface area contributed by atoms with E-state index in [0.717, 1.165) is 17.0 Å². The molecule has 0 aromatic heterocycles. The fourth-order valence-electron chi connectivity index (χ4n) is 1.82. The molecule has 1 aliphatic heterocycles. The average Bonchev–Trinajstić information content (AvgIpc) is 2.76. The summed E-state index contributed by atoms with van der Waals surface area (Å²) in [5.41, 5.74) is 8.49. The van der Waals surface area contributed by atoms with Gasteiger partial charge in [-0.15, -0.1) is 0 Å². The summed E-state index contributed by atoms with van der Waals surface area (Å²) < 4.78 is 0. The molecule has 1 aliphatic rings. The van der Waals surface area contributed by atoms with Gasteiger partial charge < -0.3 is 11.1 Å².